The van der Waals surface area contributed by atoms with E-state index in [1.54, 1.807) is 6.07 Å². The highest BCUT2D eigenvalue weighted by molar-refractivity contribution is 7.89. The van der Waals surface area contributed by atoms with Crippen molar-refractivity contribution in [1.82, 2.24) is 4.72 Å². The maximum atomic E-state index is 11.8. The summed E-state index contributed by atoms with van der Waals surface area (Å²) in [5.74, 6) is 0.193. The van der Waals surface area contributed by atoms with E-state index < -0.39 is 10.0 Å². The van der Waals surface area contributed by atoms with Crippen molar-refractivity contribution in [3.63, 3.8) is 0 Å². The minimum absolute atomic E-state index is 0.170. The third-order valence-electron chi connectivity index (χ3n) is 3.78. The highest BCUT2D eigenvalue weighted by atomic mass is 32.2. The van der Waals surface area contributed by atoms with E-state index in [1.807, 2.05) is 0 Å². The van der Waals surface area contributed by atoms with Crippen molar-refractivity contribution in [3.05, 3.63) is 18.2 Å². The second-order valence-electron chi connectivity index (χ2n) is 5.10. The number of hydrogen-bond donors (Lipinski definition) is 4. The van der Waals surface area contributed by atoms with Crippen LogP contribution >= 0.6 is 0 Å². The highest BCUT2D eigenvalue weighted by Gasteiger charge is 2.25. The Morgan fingerprint density at radius 1 is 1.40 bits per heavy atom. The molecule has 2 rings (SSSR count). The number of anilines is 2. The zero-order chi connectivity index (χ0) is 14.8. The molecule has 0 aliphatic heterocycles. The number of nitrogens with two attached hydrogens (primary N) is 1. The first-order valence-electron chi connectivity index (χ1n) is 6.69. The van der Waals surface area contributed by atoms with Gasteiger partial charge >= 0.3 is 0 Å². The number of rotatable bonds is 5. The summed E-state index contributed by atoms with van der Waals surface area (Å²) in [6.45, 7) is 0.592. The normalized spacial score (nSPS) is 22.9. The molecule has 112 valence electrons. The third kappa shape index (κ3) is 3.23. The van der Waals surface area contributed by atoms with Gasteiger partial charge in [-0.1, -0.05) is 6.42 Å². The van der Waals surface area contributed by atoms with Crippen LogP contribution < -0.4 is 15.8 Å². The third-order valence-corrected chi connectivity index (χ3v) is 5.19. The number of hydrogen-bond acceptors (Lipinski definition) is 5. The lowest BCUT2D eigenvalue weighted by Gasteiger charge is -2.17. The lowest BCUT2D eigenvalue weighted by atomic mass is 10.1. The average molecular weight is 299 g/mol. The molecule has 0 amide bonds. The summed E-state index contributed by atoms with van der Waals surface area (Å²) >= 11 is 0. The maximum Gasteiger partial charge on any atom is 0.240 e. The Hall–Kier alpha value is -1.31. The lowest BCUT2D eigenvalue weighted by molar-refractivity contribution is 0.138. The predicted molar refractivity (Wildman–Crippen MR) is 78.9 cm³/mol. The van der Waals surface area contributed by atoms with Crippen LogP contribution in [0.1, 0.15) is 19.3 Å². The number of aliphatic hydroxyl groups is 1. The molecule has 0 heterocycles. The van der Waals surface area contributed by atoms with E-state index in [1.165, 1.54) is 19.2 Å². The number of nitrogen functional groups attached to an aromatic ring is 1. The van der Waals surface area contributed by atoms with Crippen molar-refractivity contribution in [2.45, 2.75) is 30.3 Å². The van der Waals surface area contributed by atoms with E-state index in [9.17, 15) is 13.5 Å². The first-order valence-corrected chi connectivity index (χ1v) is 8.17. The van der Waals surface area contributed by atoms with Gasteiger partial charge in [-0.25, -0.2) is 13.1 Å². The van der Waals surface area contributed by atoms with Gasteiger partial charge in [-0.05, 0) is 38.1 Å². The van der Waals surface area contributed by atoms with Crippen LogP contribution in [0.5, 0.6) is 0 Å². The first-order chi connectivity index (χ1) is 9.44. The van der Waals surface area contributed by atoms with Gasteiger partial charge in [-0.3, -0.25) is 0 Å². The second-order valence-corrected chi connectivity index (χ2v) is 6.98. The van der Waals surface area contributed by atoms with Gasteiger partial charge in [0.05, 0.1) is 22.4 Å². The molecule has 1 fully saturated rings. The minimum atomic E-state index is -3.48. The molecule has 0 bridgehead atoms. The van der Waals surface area contributed by atoms with E-state index in [0.29, 0.717) is 17.9 Å². The van der Waals surface area contributed by atoms with E-state index in [4.69, 9.17) is 5.73 Å². The Balaban J connectivity index is 2.13. The molecule has 1 aliphatic carbocycles. The Labute approximate surface area is 119 Å². The van der Waals surface area contributed by atoms with Crippen LogP contribution in [0.25, 0.3) is 0 Å². The van der Waals surface area contributed by atoms with Crippen molar-refractivity contribution in [2.75, 3.05) is 24.6 Å². The van der Waals surface area contributed by atoms with Gasteiger partial charge < -0.3 is 16.2 Å². The molecular weight excluding hydrogens is 278 g/mol. The topological polar surface area (TPSA) is 104 Å². The summed E-state index contributed by atoms with van der Waals surface area (Å²) in [7, 11) is -2.11. The van der Waals surface area contributed by atoms with Gasteiger partial charge in [0.15, 0.2) is 0 Å². The molecule has 2 atom stereocenters. The van der Waals surface area contributed by atoms with Crippen LogP contribution in [-0.2, 0) is 10.0 Å². The summed E-state index contributed by atoms with van der Waals surface area (Å²) in [6, 6.07) is 4.55. The molecule has 6 nitrogen and oxygen atoms in total. The van der Waals surface area contributed by atoms with Crippen LogP contribution in [0.15, 0.2) is 23.1 Å². The van der Waals surface area contributed by atoms with Crippen LogP contribution in [0, 0.1) is 5.92 Å². The standard InChI is InChI=1S/C13H21N3O3S/c1-15-20(18,19)10-5-6-11(14)12(7-10)16-8-9-3-2-4-13(9)17/h5-7,9,13,15-17H,2-4,8,14H2,1H3. The molecule has 0 spiro atoms. The van der Waals surface area contributed by atoms with Gasteiger partial charge in [0, 0.05) is 12.5 Å². The fourth-order valence-corrected chi connectivity index (χ4v) is 3.23. The van der Waals surface area contributed by atoms with Gasteiger partial charge in [0.2, 0.25) is 10.0 Å². The zero-order valence-electron chi connectivity index (χ0n) is 11.5. The van der Waals surface area contributed by atoms with Crippen molar-refractivity contribution in [2.24, 2.45) is 5.92 Å². The first kappa shape index (κ1) is 15.1. The number of nitrogens with one attached hydrogen (secondary N) is 2. The molecule has 0 aromatic heterocycles. The summed E-state index contributed by atoms with van der Waals surface area (Å²) < 4.78 is 25.8. The molecule has 1 saturated carbocycles. The largest absolute Gasteiger partial charge is 0.397 e. The molecule has 0 radical (unpaired) electrons. The number of sulfonamides is 1. The van der Waals surface area contributed by atoms with E-state index in [-0.39, 0.29) is 16.9 Å². The minimum Gasteiger partial charge on any atom is -0.397 e. The SMILES string of the molecule is CNS(=O)(=O)c1ccc(N)c(NCC2CCCC2O)c1. The van der Waals surface area contributed by atoms with Crippen molar-refractivity contribution >= 4 is 21.4 Å². The second kappa shape index (κ2) is 5.99. The van der Waals surface area contributed by atoms with E-state index in [0.717, 1.165) is 19.3 Å². The molecule has 2 unspecified atom stereocenters. The Morgan fingerprint density at radius 3 is 2.75 bits per heavy atom. The fourth-order valence-electron chi connectivity index (χ4n) is 2.47. The quantitative estimate of drug-likeness (QED) is 0.601. The van der Waals surface area contributed by atoms with E-state index >= 15 is 0 Å². The van der Waals surface area contributed by atoms with Crippen molar-refractivity contribution in [3.8, 4) is 0 Å². The summed E-state index contributed by atoms with van der Waals surface area (Å²) in [5, 5.41) is 12.9. The van der Waals surface area contributed by atoms with Gasteiger partial charge in [-0.15, -0.1) is 0 Å². The Morgan fingerprint density at radius 2 is 2.15 bits per heavy atom. The van der Waals surface area contributed by atoms with Crippen LogP contribution in [0.4, 0.5) is 11.4 Å². The molecule has 5 N–H and O–H groups in total. The highest BCUT2D eigenvalue weighted by Crippen LogP contribution is 2.28. The fraction of sp³-hybridized carbons (Fsp3) is 0.538. The summed E-state index contributed by atoms with van der Waals surface area (Å²) in [5.41, 5.74) is 6.93. The maximum absolute atomic E-state index is 11.8. The average Bonchev–Trinajstić information content (AvgIpc) is 2.83. The zero-order valence-corrected chi connectivity index (χ0v) is 12.3. The molecule has 1 aromatic rings. The van der Waals surface area contributed by atoms with Crippen molar-refractivity contribution in [1.29, 1.82) is 0 Å². The van der Waals surface area contributed by atoms with Crippen LogP contribution in [0.2, 0.25) is 0 Å². The number of benzene rings is 1. The van der Waals surface area contributed by atoms with Crippen LogP contribution in [0.3, 0.4) is 0 Å². The molecule has 1 aliphatic rings. The lowest BCUT2D eigenvalue weighted by Crippen LogP contribution is -2.23. The monoisotopic (exact) mass is 299 g/mol. The van der Waals surface area contributed by atoms with Gasteiger partial charge in [0.1, 0.15) is 0 Å². The Kier molecular flexibility index (Phi) is 4.52. The Bertz CT molecular complexity index is 574. The molecule has 7 heteroatoms. The van der Waals surface area contributed by atoms with Crippen LogP contribution in [-0.4, -0.2) is 33.2 Å². The molecule has 0 saturated heterocycles. The summed E-state index contributed by atoms with van der Waals surface area (Å²) in [6.07, 6.45) is 2.54. The van der Waals surface area contributed by atoms with E-state index in [2.05, 4.69) is 10.0 Å². The van der Waals surface area contributed by atoms with Crippen molar-refractivity contribution < 1.29 is 13.5 Å². The van der Waals surface area contributed by atoms with Gasteiger partial charge in [0.25, 0.3) is 0 Å². The summed E-state index contributed by atoms with van der Waals surface area (Å²) in [4.78, 5) is 0.170. The smallest absolute Gasteiger partial charge is 0.240 e. The predicted octanol–water partition coefficient (Wildman–Crippen LogP) is 0.750. The molecule has 1 aromatic carbocycles. The van der Waals surface area contributed by atoms with Gasteiger partial charge in [-0.2, -0.15) is 0 Å². The molecular formula is C13H21N3O3S. The molecule has 20 heavy (non-hydrogen) atoms. The number of aliphatic hydroxyl groups excluding tert-OH is 1.